The number of nitrogens with zero attached hydrogens (tertiary/aromatic N) is 5. The molecule has 2 aromatic carbocycles. The molecule has 25 heavy (non-hydrogen) atoms. The molecule has 0 fully saturated rings. The number of benzene rings is 2. The molecule has 0 amide bonds. The van der Waals surface area contributed by atoms with Crippen molar-refractivity contribution in [3.63, 3.8) is 0 Å². The van der Waals surface area contributed by atoms with Crippen molar-refractivity contribution < 1.29 is 4.74 Å². The number of aromatic nitrogens is 5. The molecular weight excluding hydrogens is 316 g/mol. The number of fused-ring (bicyclic) bond motifs is 1. The first-order valence-corrected chi connectivity index (χ1v) is 7.81. The average Bonchev–Trinajstić information content (AvgIpc) is 3.05. The van der Waals surface area contributed by atoms with Gasteiger partial charge in [0.15, 0.2) is 5.82 Å². The first-order valence-electron chi connectivity index (χ1n) is 7.81. The Morgan fingerprint density at radius 1 is 1.04 bits per heavy atom. The Balaban J connectivity index is 1.79. The smallest absolute Gasteiger partial charge is 0.186 e. The summed E-state index contributed by atoms with van der Waals surface area (Å²) in [7, 11) is 1.81. The molecule has 2 heterocycles. The molecular formula is C18H16N6O. The first kappa shape index (κ1) is 15.1. The van der Waals surface area contributed by atoms with E-state index in [0.29, 0.717) is 24.0 Å². The summed E-state index contributed by atoms with van der Waals surface area (Å²) in [4.78, 5) is 4.27. The predicted octanol–water partition coefficient (Wildman–Crippen LogP) is 2.59. The van der Waals surface area contributed by atoms with Gasteiger partial charge in [0.1, 0.15) is 18.2 Å². The van der Waals surface area contributed by atoms with E-state index in [1.807, 2.05) is 48.5 Å². The lowest BCUT2D eigenvalue weighted by Gasteiger charge is -2.13. The Hall–Kier alpha value is -3.48. The maximum absolute atomic E-state index is 6.04. The van der Waals surface area contributed by atoms with Crippen molar-refractivity contribution in [1.82, 2.24) is 25.2 Å². The number of pyridine rings is 1. The van der Waals surface area contributed by atoms with Crippen LogP contribution in [-0.2, 0) is 13.7 Å². The highest BCUT2D eigenvalue weighted by Gasteiger charge is 2.16. The van der Waals surface area contributed by atoms with E-state index in [1.165, 1.54) is 0 Å². The lowest BCUT2D eigenvalue weighted by molar-refractivity contribution is 0.303. The van der Waals surface area contributed by atoms with Crippen LogP contribution >= 0.6 is 0 Å². The lowest BCUT2D eigenvalue weighted by Crippen LogP contribution is -2.03. The molecule has 0 unspecified atom stereocenters. The summed E-state index contributed by atoms with van der Waals surface area (Å²) in [5.41, 5.74) is 7.35. The van der Waals surface area contributed by atoms with E-state index in [0.717, 1.165) is 22.0 Å². The van der Waals surface area contributed by atoms with Gasteiger partial charge in [0.05, 0.1) is 11.3 Å². The third kappa shape index (κ3) is 2.87. The molecule has 0 spiro atoms. The largest absolute Gasteiger partial charge is 0.487 e. The van der Waals surface area contributed by atoms with Crippen molar-refractivity contribution in [2.45, 2.75) is 6.61 Å². The Morgan fingerprint density at radius 3 is 2.72 bits per heavy atom. The summed E-state index contributed by atoms with van der Waals surface area (Å²) < 4.78 is 7.67. The van der Waals surface area contributed by atoms with E-state index >= 15 is 0 Å². The first-order chi connectivity index (χ1) is 12.2. The van der Waals surface area contributed by atoms with Gasteiger partial charge in [-0.3, -0.25) is 0 Å². The number of hydrogen-bond donors (Lipinski definition) is 1. The molecule has 0 saturated heterocycles. The zero-order valence-electron chi connectivity index (χ0n) is 13.6. The van der Waals surface area contributed by atoms with Gasteiger partial charge in [0.2, 0.25) is 0 Å². The molecule has 7 nitrogen and oxygen atoms in total. The van der Waals surface area contributed by atoms with Crippen molar-refractivity contribution in [1.29, 1.82) is 0 Å². The summed E-state index contributed by atoms with van der Waals surface area (Å²) in [6.45, 7) is 0.307. The van der Waals surface area contributed by atoms with Gasteiger partial charge in [0.25, 0.3) is 0 Å². The predicted molar refractivity (Wildman–Crippen MR) is 94.7 cm³/mol. The summed E-state index contributed by atoms with van der Waals surface area (Å²) >= 11 is 0. The minimum Gasteiger partial charge on any atom is -0.487 e. The number of aryl methyl sites for hydroxylation is 1. The molecule has 0 radical (unpaired) electrons. The quantitative estimate of drug-likeness (QED) is 0.617. The lowest BCUT2D eigenvalue weighted by atomic mass is 10.0. The normalized spacial score (nSPS) is 10.9. The minimum atomic E-state index is 0.307. The monoisotopic (exact) mass is 332 g/mol. The molecule has 7 heteroatoms. The Bertz CT molecular complexity index is 1040. The van der Waals surface area contributed by atoms with Crippen LogP contribution in [0.2, 0.25) is 0 Å². The van der Waals surface area contributed by atoms with Crippen LogP contribution in [0.15, 0.2) is 54.6 Å². The summed E-state index contributed by atoms with van der Waals surface area (Å²) in [6, 6.07) is 17.5. The van der Waals surface area contributed by atoms with Crippen molar-refractivity contribution >= 4 is 16.6 Å². The zero-order valence-corrected chi connectivity index (χ0v) is 13.6. The van der Waals surface area contributed by atoms with Crippen LogP contribution in [0.1, 0.15) is 5.69 Å². The molecule has 2 N–H and O–H groups in total. The molecule has 0 atom stereocenters. The van der Waals surface area contributed by atoms with Gasteiger partial charge < -0.3 is 10.5 Å². The minimum absolute atomic E-state index is 0.307. The maximum atomic E-state index is 6.04. The number of ether oxygens (including phenoxy) is 1. The van der Waals surface area contributed by atoms with Crippen LogP contribution in [0, 0.1) is 0 Å². The molecule has 4 rings (SSSR count). The Kier molecular flexibility index (Phi) is 3.74. The highest BCUT2D eigenvalue weighted by molar-refractivity contribution is 5.98. The van der Waals surface area contributed by atoms with Gasteiger partial charge >= 0.3 is 0 Å². The SMILES string of the molecule is Cn1nnnc1-c1c(OCc2cccc(N)n2)ccc2ccccc12. The van der Waals surface area contributed by atoms with Gasteiger partial charge in [-0.15, -0.1) is 5.10 Å². The van der Waals surface area contributed by atoms with Crippen molar-refractivity contribution in [3.05, 3.63) is 60.3 Å². The molecule has 0 aliphatic carbocycles. The van der Waals surface area contributed by atoms with Crippen molar-refractivity contribution in [3.8, 4) is 17.1 Å². The van der Waals surface area contributed by atoms with Crippen molar-refractivity contribution in [2.75, 3.05) is 5.73 Å². The Labute approximate surface area is 144 Å². The highest BCUT2D eigenvalue weighted by atomic mass is 16.5. The highest BCUT2D eigenvalue weighted by Crippen LogP contribution is 2.35. The van der Waals surface area contributed by atoms with Gasteiger partial charge in [-0.25, -0.2) is 9.67 Å². The second kappa shape index (κ2) is 6.20. The van der Waals surface area contributed by atoms with Crippen LogP contribution in [-0.4, -0.2) is 25.2 Å². The number of rotatable bonds is 4. The summed E-state index contributed by atoms with van der Waals surface area (Å²) in [6.07, 6.45) is 0. The summed E-state index contributed by atoms with van der Waals surface area (Å²) in [5, 5.41) is 14.0. The van der Waals surface area contributed by atoms with Crippen LogP contribution in [0.4, 0.5) is 5.82 Å². The molecule has 2 aromatic heterocycles. The fraction of sp³-hybridized carbons (Fsp3) is 0.111. The molecule has 124 valence electrons. The van der Waals surface area contributed by atoms with E-state index in [2.05, 4.69) is 20.5 Å². The van der Waals surface area contributed by atoms with Crippen LogP contribution in [0.5, 0.6) is 5.75 Å². The number of nitrogens with two attached hydrogens (primary N) is 1. The number of nitrogen functional groups attached to an aromatic ring is 1. The van der Waals surface area contributed by atoms with E-state index in [1.54, 1.807) is 17.8 Å². The molecule has 0 aliphatic heterocycles. The van der Waals surface area contributed by atoms with E-state index in [-0.39, 0.29) is 0 Å². The topological polar surface area (TPSA) is 91.7 Å². The fourth-order valence-corrected chi connectivity index (χ4v) is 2.77. The number of hydrogen-bond acceptors (Lipinski definition) is 6. The van der Waals surface area contributed by atoms with E-state index in [4.69, 9.17) is 10.5 Å². The molecule has 0 saturated carbocycles. The standard InChI is InChI=1S/C18H16N6O/c1-24-18(21-22-23-24)17-14-7-3-2-5-12(14)9-10-15(17)25-11-13-6-4-8-16(19)20-13/h2-10H,11H2,1H3,(H2,19,20). The third-order valence-electron chi connectivity index (χ3n) is 3.94. The average molecular weight is 332 g/mol. The van der Waals surface area contributed by atoms with Gasteiger partial charge in [0, 0.05) is 7.05 Å². The fourth-order valence-electron chi connectivity index (χ4n) is 2.77. The van der Waals surface area contributed by atoms with Crippen LogP contribution < -0.4 is 10.5 Å². The third-order valence-corrected chi connectivity index (χ3v) is 3.94. The van der Waals surface area contributed by atoms with Crippen molar-refractivity contribution in [2.24, 2.45) is 7.05 Å². The molecule has 0 bridgehead atoms. The molecule has 4 aromatic rings. The Morgan fingerprint density at radius 2 is 1.92 bits per heavy atom. The number of tetrazole rings is 1. The summed E-state index contributed by atoms with van der Waals surface area (Å²) in [5.74, 6) is 1.81. The maximum Gasteiger partial charge on any atom is 0.186 e. The van der Waals surface area contributed by atoms with Gasteiger partial charge in [-0.2, -0.15) is 0 Å². The van der Waals surface area contributed by atoms with Gasteiger partial charge in [-0.1, -0.05) is 36.4 Å². The van der Waals surface area contributed by atoms with E-state index in [9.17, 15) is 0 Å². The van der Waals surface area contributed by atoms with Crippen LogP contribution in [0.25, 0.3) is 22.2 Å². The van der Waals surface area contributed by atoms with Gasteiger partial charge in [-0.05, 0) is 39.4 Å². The number of anilines is 1. The van der Waals surface area contributed by atoms with E-state index < -0.39 is 0 Å². The van der Waals surface area contributed by atoms with Crippen LogP contribution in [0.3, 0.4) is 0 Å². The zero-order chi connectivity index (χ0) is 17.2. The second-order valence-corrected chi connectivity index (χ2v) is 5.63. The molecule has 0 aliphatic rings. The second-order valence-electron chi connectivity index (χ2n) is 5.63.